The molecular formula is C56H35N. The number of rotatable bonds is 5. The molecule has 12 rings (SSSR count). The highest BCUT2D eigenvalue weighted by Crippen LogP contribution is 2.46. The van der Waals surface area contributed by atoms with Crippen LogP contribution in [-0.4, -0.2) is 4.57 Å². The predicted octanol–water partition coefficient (Wildman–Crippen LogP) is 15.5. The molecule has 1 heteroatoms. The fraction of sp³-hybridized carbons (Fsp3) is 0. The van der Waals surface area contributed by atoms with E-state index in [2.05, 4.69) is 217 Å². The predicted molar refractivity (Wildman–Crippen MR) is 244 cm³/mol. The molecule has 0 unspecified atom stereocenters. The Morgan fingerprint density at radius 2 is 0.702 bits per heavy atom. The van der Waals surface area contributed by atoms with Crippen LogP contribution in [0.5, 0.6) is 0 Å². The maximum absolute atomic E-state index is 2.44. The molecule has 1 nitrogen and oxygen atoms in total. The Labute approximate surface area is 330 Å². The van der Waals surface area contributed by atoms with E-state index in [9.17, 15) is 0 Å². The van der Waals surface area contributed by atoms with Crippen molar-refractivity contribution < 1.29 is 0 Å². The van der Waals surface area contributed by atoms with Gasteiger partial charge in [-0.05, 0) is 118 Å². The first-order valence-electron chi connectivity index (χ1n) is 19.8. The molecule has 0 bridgehead atoms. The molecule has 0 aliphatic heterocycles. The topological polar surface area (TPSA) is 4.93 Å². The number of fused-ring (bicyclic) bond motifs is 3. The number of benzene rings is 11. The van der Waals surface area contributed by atoms with Crippen LogP contribution in [0.1, 0.15) is 0 Å². The van der Waals surface area contributed by atoms with Crippen LogP contribution in [0, 0.1) is 0 Å². The summed E-state index contributed by atoms with van der Waals surface area (Å²) in [5, 5.41) is 12.8. The second kappa shape index (κ2) is 12.5. The monoisotopic (exact) mass is 721 g/mol. The normalized spacial score (nSPS) is 11.9. The largest absolute Gasteiger partial charge is 0.309 e. The maximum atomic E-state index is 2.44. The first kappa shape index (κ1) is 31.8. The molecule has 0 spiro atoms. The van der Waals surface area contributed by atoms with Crippen LogP contribution in [0.15, 0.2) is 212 Å². The molecular weight excluding hydrogens is 687 g/mol. The van der Waals surface area contributed by atoms with Gasteiger partial charge >= 0.3 is 0 Å². The van der Waals surface area contributed by atoms with Crippen LogP contribution in [0.3, 0.4) is 0 Å². The lowest BCUT2D eigenvalue weighted by molar-refractivity contribution is 1.18. The minimum atomic E-state index is 1.17. The van der Waals surface area contributed by atoms with Gasteiger partial charge in [0.1, 0.15) is 0 Å². The van der Waals surface area contributed by atoms with Gasteiger partial charge in [-0.1, -0.05) is 182 Å². The number of nitrogens with zero attached hydrogens (tertiary/aromatic N) is 1. The van der Waals surface area contributed by atoms with Crippen molar-refractivity contribution in [2.24, 2.45) is 0 Å². The van der Waals surface area contributed by atoms with Crippen LogP contribution < -0.4 is 0 Å². The summed E-state index contributed by atoms with van der Waals surface area (Å²) in [4.78, 5) is 0. The summed E-state index contributed by atoms with van der Waals surface area (Å²) in [5.74, 6) is 0. The Kier molecular flexibility index (Phi) is 7.00. The van der Waals surface area contributed by atoms with Gasteiger partial charge in [0.05, 0.1) is 11.0 Å². The molecule has 0 saturated carbocycles. The average Bonchev–Trinajstić information content (AvgIpc) is 3.63. The number of hydrogen-bond acceptors (Lipinski definition) is 0. The van der Waals surface area contributed by atoms with Gasteiger partial charge in [-0.3, -0.25) is 0 Å². The van der Waals surface area contributed by atoms with Gasteiger partial charge in [0.25, 0.3) is 0 Å². The van der Waals surface area contributed by atoms with E-state index in [1.54, 1.807) is 0 Å². The molecule has 1 heterocycles. The minimum Gasteiger partial charge on any atom is -0.309 e. The molecule has 0 aliphatic rings. The van der Waals surface area contributed by atoms with E-state index in [0.29, 0.717) is 0 Å². The van der Waals surface area contributed by atoms with Gasteiger partial charge in [0.15, 0.2) is 0 Å². The second-order valence-electron chi connectivity index (χ2n) is 15.2. The Bertz CT molecular complexity index is 3420. The summed E-state index contributed by atoms with van der Waals surface area (Å²) in [5.41, 5.74) is 13.6. The molecule has 57 heavy (non-hydrogen) atoms. The van der Waals surface area contributed by atoms with E-state index in [4.69, 9.17) is 0 Å². The van der Waals surface area contributed by atoms with E-state index in [1.807, 2.05) is 0 Å². The third kappa shape index (κ3) is 4.89. The Balaban J connectivity index is 1.02. The van der Waals surface area contributed by atoms with Crippen molar-refractivity contribution in [3.05, 3.63) is 212 Å². The number of para-hydroxylation sites is 1. The van der Waals surface area contributed by atoms with Gasteiger partial charge < -0.3 is 4.57 Å². The SMILES string of the molecule is c1ccc(-n2c3ccc(-c4ccc(-c5cccc6ccccc56)cc4)c4ccc5c(-c6ccc(-c7c8ccccc8cc8ccccc78)cc6)ccc2c5c43)cc1. The molecule has 11 aromatic carbocycles. The summed E-state index contributed by atoms with van der Waals surface area (Å²) in [6, 6.07) is 78.2. The van der Waals surface area contributed by atoms with Crippen LogP contribution >= 0.6 is 0 Å². The van der Waals surface area contributed by atoms with Crippen LogP contribution in [0.25, 0.3) is 115 Å². The highest BCUT2D eigenvalue weighted by Gasteiger charge is 2.21. The lowest BCUT2D eigenvalue weighted by Crippen LogP contribution is -1.93. The van der Waals surface area contributed by atoms with E-state index in [0.717, 1.165) is 0 Å². The lowest BCUT2D eigenvalue weighted by Gasteiger charge is -2.14. The number of aromatic nitrogens is 1. The standard InChI is InChI=1S/C56H35N/c1-2-15-43(16-3-1)57-52-33-31-46(38-23-21-37(22-24-38)45-20-10-14-36-11-4-7-17-44(36)45)50-29-30-51-47(32-34-53(57)56(51)55(50)52)39-25-27-40(28-26-39)54-48-18-8-5-12-41(48)35-42-13-6-9-19-49(42)54/h1-35H. The number of hydrogen-bond donors (Lipinski definition) is 0. The van der Waals surface area contributed by atoms with Crippen LogP contribution in [0.4, 0.5) is 0 Å². The van der Waals surface area contributed by atoms with Gasteiger partial charge in [-0.2, -0.15) is 0 Å². The first-order chi connectivity index (χ1) is 28.3. The minimum absolute atomic E-state index is 1.17. The molecule has 0 aliphatic carbocycles. The first-order valence-corrected chi connectivity index (χ1v) is 19.8. The average molecular weight is 722 g/mol. The van der Waals surface area contributed by atoms with Gasteiger partial charge in [-0.25, -0.2) is 0 Å². The molecule has 0 fully saturated rings. The molecule has 0 N–H and O–H groups in total. The van der Waals surface area contributed by atoms with Crippen molar-refractivity contribution in [3.63, 3.8) is 0 Å². The Morgan fingerprint density at radius 3 is 1.26 bits per heavy atom. The summed E-state index contributed by atoms with van der Waals surface area (Å²) >= 11 is 0. The van der Waals surface area contributed by atoms with E-state index in [-0.39, 0.29) is 0 Å². The molecule has 0 radical (unpaired) electrons. The third-order valence-electron chi connectivity index (χ3n) is 12.2. The fourth-order valence-corrected chi connectivity index (χ4v) is 9.56. The highest BCUT2D eigenvalue weighted by molar-refractivity contribution is 6.28. The third-order valence-corrected chi connectivity index (χ3v) is 12.2. The van der Waals surface area contributed by atoms with Gasteiger partial charge in [-0.15, -0.1) is 0 Å². The Morgan fingerprint density at radius 1 is 0.263 bits per heavy atom. The van der Waals surface area contributed by atoms with Crippen molar-refractivity contribution in [2.75, 3.05) is 0 Å². The van der Waals surface area contributed by atoms with Gasteiger partial charge in [0.2, 0.25) is 0 Å². The second-order valence-corrected chi connectivity index (χ2v) is 15.2. The van der Waals surface area contributed by atoms with E-state index in [1.165, 1.54) is 115 Å². The van der Waals surface area contributed by atoms with Gasteiger partial charge in [0, 0.05) is 16.5 Å². The zero-order chi connectivity index (χ0) is 37.5. The van der Waals surface area contributed by atoms with Crippen molar-refractivity contribution in [1.29, 1.82) is 0 Å². The molecule has 12 aromatic rings. The summed E-state index contributed by atoms with van der Waals surface area (Å²) in [6.45, 7) is 0. The molecule has 264 valence electrons. The summed E-state index contributed by atoms with van der Waals surface area (Å²) in [6.07, 6.45) is 0. The van der Waals surface area contributed by atoms with Crippen molar-refractivity contribution in [1.82, 2.24) is 4.57 Å². The van der Waals surface area contributed by atoms with Crippen molar-refractivity contribution >= 4 is 64.9 Å². The van der Waals surface area contributed by atoms with Crippen molar-refractivity contribution in [2.45, 2.75) is 0 Å². The smallest absolute Gasteiger partial charge is 0.0547 e. The summed E-state index contributed by atoms with van der Waals surface area (Å²) < 4.78 is 2.44. The molecule has 0 amide bonds. The maximum Gasteiger partial charge on any atom is 0.0547 e. The fourth-order valence-electron chi connectivity index (χ4n) is 9.56. The summed E-state index contributed by atoms with van der Waals surface area (Å²) in [7, 11) is 0. The molecule has 1 aromatic heterocycles. The zero-order valence-corrected chi connectivity index (χ0v) is 31.2. The van der Waals surface area contributed by atoms with Crippen molar-refractivity contribution in [3.8, 4) is 50.2 Å². The zero-order valence-electron chi connectivity index (χ0n) is 31.2. The van der Waals surface area contributed by atoms with E-state index < -0.39 is 0 Å². The Hall–Kier alpha value is -7.48. The molecule has 0 saturated heterocycles. The van der Waals surface area contributed by atoms with Crippen LogP contribution in [-0.2, 0) is 0 Å². The highest BCUT2D eigenvalue weighted by atomic mass is 15.0. The lowest BCUT2D eigenvalue weighted by atomic mass is 9.89. The van der Waals surface area contributed by atoms with E-state index >= 15 is 0 Å². The molecule has 0 atom stereocenters. The van der Waals surface area contributed by atoms with Crippen LogP contribution in [0.2, 0.25) is 0 Å². The quantitative estimate of drug-likeness (QED) is 0.123.